The fourth-order valence-electron chi connectivity index (χ4n) is 10.1. The van der Waals surface area contributed by atoms with E-state index in [0.29, 0.717) is 12.2 Å². The minimum Gasteiger partial charge on any atom is -0.458 e. The molecule has 0 amide bonds. The molecule has 0 bridgehead atoms. The molecular formula is C57H41NO2. The van der Waals surface area contributed by atoms with Gasteiger partial charge in [-0.15, -0.1) is 0 Å². The summed E-state index contributed by atoms with van der Waals surface area (Å²) in [5.74, 6) is 1.45. The third-order valence-electron chi connectivity index (χ3n) is 12.9. The summed E-state index contributed by atoms with van der Waals surface area (Å²) in [5.41, 5.74) is 21.5. The zero-order valence-corrected chi connectivity index (χ0v) is 33.5. The zero-order chi connectivity index (χ0) is 39.9. The summed E-state index contributed by atoms with van der Waals surface area (Å²) in [6, 6.07) is 50.1. The number of allylic oxidation sites excluding steroid dienone is 7. The maximum atomic E-state index is 6.55. The van der Waals surface area contributed by atoms with Gasteiger partial charge in [0.25, 0.3) is 0 Å². The second-order valence-corrected chi connectivity index (χ2v) is 16.3. The summed E-state index contributed by atoms with van der Waals surface area (Å²) in [5, 5.41) is 4.57. The molecule has 0 radical (unpaired) electrons. The van der Waals surface area contributed by atoms with Crippen LogP contribution in [0.5, 0.6) is 5.75 Å². The zero-order valence-electron chi connectivity index (χ0n) is 33.5. The molecule has 3 heteroatoms. The lowest BCUT2D eigenvalue weighted by atomic mass is 9.84. The van der Waals surface area contributed by atoms with E-state index in [1.165, 1.54) is 66.6 Å². The van der Waals surface area contributed by atoms with Crippen LogP contribution >= 0.6 is 0 Å². The van der Waals surface area contributed by atoms with Crippen molar-refractivity contribution < 1.29 is 9.15 Å². The van der Waals surface area contributed by atoms with Crippen molar-refractivity contribution in [2.75, 3.05) is 0 Å². The molecule has 13 rings (SSSR count). The number of ether oxygens (including phenoxy) is 1. The molecule has 60 heavy (non-hydrogen) atoms. The first-order valence-corrected chi connectivity index (χ1v) is 21.0. The van der Waals surface area contributed by atoms with Crippen molar-refractivity contribution in [3.05, 3.63) is 216 Å². The van der Waals surface area contributed by atoms with Crippen LogP contribution in [0.2, 0.25) is 0 Å². The van der Waals surface area contributed by atoms with Gasteiger partial charge in [-0.2, -0.15) is 0 Å². The Morgan fingerprint density at radius 2 is 1.35 bits per heavy atom. The first-order valence-electron chi connectivity index (χ1n) is 21.0. The summed E-state index contributed by atoms with van der Waals surface area (Å²) in [4.78, 5) is 0. The largest absolute Gasteiger partial charge is 0.458 e. The van der Waals surface area contributed by atoms with Crippen LogP contribution in [0.1, 0.15) is 46.7 Å². The number of hydrogen-bond donors (Lipinski definition) is 0. The van der Waals surface area contributed by atoms with E-state index in [0.717, 1.165) is 74.6 Å². The Hall–Kier alpha value is -7.36. The van der Waals surface area contributed by atoms with Crippen molar-refractivity contribution in [1.82, 2.24) is 4.57 Å². The van der Waals surface area contributed by atoms with E-state index in [4.69, 9.17) is 9.15 Å². The van der Waals surface area contributed by atoms with Gasteiger partial charge in [-0.1, -0.05) is 128 Å². The van der Waals surface area contributed by atoms with Gasteiger partial charge in [0.2, 0.25) is 0 Å². The van der Waals surface area contributed by atoms with Crippen LogP contribution in [0.4, 0.5) is 0 Å². The first kappa shape index (κ1) is 34.7. The van der Waals surface area contributed by atoms with Crippen molar-refractivity contribution in [3.63, 3.8) is 0 Å². The molecule has 2 aromatic heterocycles. The van der Waals surface area contributed by atoms with Crippen LogP contribution in [0.15, 0.2) is 187 Å². The molecule has 3 aliphatic carbocycles. The third-order valence-corrected chi connectivity index (χ3v) is 12.9. The Bertz CT molecular complexity index is 3430. The van der Waals surface area contributed by atoms with Crippen LogP contribution in [0.3, 0.4) is 0 Å². The molecule has 7 aromatic carbocycles. The SMILES string of the molecule is C=C1/C=C\C(n2c3ccccc3c3c4oc5ccccc5c4ccc32)=C/Cc2cc(-c3ccc4c5c3CCC=C5c3ccccc3-4)ccc2O1.CC1=CCc2ccccc21. The van der Waals surface area contributed by atoms with Crippen LogP contribution < -0.4 is 4.74 Å². The van der Waals surface area contributed by atoms with E-state index in [1.807, 2.05) is 18.2 Å². The molecule has 286 valence electrons. The number of furan rings is 1. The Balaban J connectivity index is 0.000000340. The van der Waals surface area contributed by atoms with Gasteiger partial charge in [0.15, 0.2) is 0 Å². The van der Waals surface area contributed by atoms with E-state index in [1.54, 1.807) is 0 Å². The van der Waals surface area contributed by atoms with E-state index in [-0.39, 0.29) is 0 Å². The monoisotopic (exact) mass is 771 g/mol. The number of benzene rings is 7. The smallest absolute Gasteiger partial charge is 0.145 e. The highest BCUT2D eigenvalue weighted by Crippen LogP contribution is 2.50. The highest BCUT2D eigenvalue weighted by Gasteiger charge is 2.29. The number of fused-ring (bicyclic) bond motifs is 12. The Labute approximate surface area is 349 Å². The normalized spacial score (nSPS) is 16.3. The summed E-state index contributed by atoms with van der Waals surface area (Å²) in [6.45, 7) is 6.45. The number of aromatic nitrogens is 1. The van der Waals surface area contributed by atoms with Gasteiger partial charge in [-0.25, -0.2) is 0 Å². The predicted octanol–water partition coefficient (Wildman–Crippen LogP) is 14.9. The second kappa shape index (κ2) is 13.6. The second-order valence-electron chi connectivity index (χ2n) is 16.3. The van der Waals surface area contributed by atoms with Gasteiger partial charge >= 0.3 is 0 Å². The number of nitrogens with zero attached hydrogens (tertiary/aromatic N) is 1. The van der Waals surface area contributed by atoms with E-state index >= 15 is 0 Å². The van der Waals surface area contributed by atoms with Crippen molar-refractivity contribution in [2.45, 2.75) is 32.6 Å². The van der Waals surface area contributed by atoms with Gasteiger partial charge in [0.05, 0.1) is 16.4 Å². The summed E-state index contributed by atoms with van der Waals surface area (Å²) >= 11 is 0. The lowest BCUT2D eigenvalue weighted by Crippen LogP contribution is -2.02. The number of rotatable bonds is 2. The van der Waals surface area contributed by atoms with Crippen LogP contribution in [0, 0.1) is 0 Å². The number of para-hydroxylation sites is 2. The first-order chi connectivity index (χ1) is 29.6. The average Bonchev–Trinajstić information content (AvgIpc) is 4.05. The van der Waals surface area contributed by atoms with Gasteiger partial charge < -0.3 is 13.7 Å². The van der Waals surface area contributed by atoms with Crippen molar-refractivity contribution in [1.29, 1.82) is 0 Å². The maximum absolute atomic E-state index is 6.55. The fourth-order valence-corrected chi connectivity index (χ4v) is 10.1. The molecule has 0 saturated carbocycles. The lowest BCUT2D eigenvalue weighted by Gasteiger charge is -2.20. The molecule has 0 N–H and O–H groups in total. The summed E-state index contributed by atoms with van der Waals surface area (Å²) < 4.78 is 15.3. The van der Waals surface area contributed by atoms with Gasteiger partial charge in [0, 0.05) is 21.9 Å². The Morgan fingerprint density at radius 3 is 2.25 bits per heavy atom. The minimum atomic E-state index is 0.604. The van der Waals surface area contributed by atoms with Crippen LogP contribution in [-0.4, -0.2) is 4.57 Å². The van der Waals surface area contributed by atoms with Crippen molar-refractivity contribution in [2.24, 2.45) is 0 Å². The molecular weight excluding hydrogens is 731 g/mol. The molecule has 4 aliphatic rings. The molecule has 0 fully saturated rings. The summed E-state index contributed by atoms with van der Waals surface area (Å²) in [7, 11) is 0. The highest BCUT2D eigenvalue weighted by molar-refractivity contribution is 6.24. The maximum Gasteiger partial charge on any atom is 0.145 e. The predicted molar refractivity (Wildman–Crippen MR) is 250 cm³/mol. The molecule has 1 aliphatic heterocycles. The molecule has 3 heterocycles. The van der Waals surface area contributed by atoms with Crippen LogP contribution in [-0.2, 0) is 19.3 Å². The van der Waals surface area contributed by atoms with Gasteiger partial charge in [0.1, 0.15) is 22.7 Å². The van der Waals surface area contributed by atoms with Gasteiger partial charge in [-0.3, -0.25) is 0 Å². The minimum absolute atomic E-state index is 0.604. The van der Waals surface area contributed by atoms with E-state index in [9.17, 15) is 0 Å². The summed E-state index contributed by atoms with van der Waals surface area (Å²) in [6.07, 6.45) is 15.1. The molecule has 3 nitrogen and oxygen atoms in total. The lowest BCUT2D eigenvalue weighted by molar-refractivity contribution is 0.443. The molecule has 9 aromatic rings. The topological polar surface area (TPSA) is 27.3 Å². The van der Waals surface area contributed by atoms with E-state index in [2.05, 4.69) is 170 Å². The average molecular weight is 772 g/mol. The van der Waals surface area contributed by atoms with E-state index < -0.39 is 0 Å². The van der Waals surface area contributed by atoms with Crippen LogP contribution in [0.25, 0.3) is 82.8 Å². The van der Waals surface area contributed by atoms with Crippen molar-refractivity contribution in [3.8, 4) is 28.0 Å². The molecule has 0 atom stereocenters. The van der Waals surface area contributed by atoms with Gasteiger partial charge in [-0.05, 0) is 148 Å². The standard InChI is InChI=1S/C47H31NO2.C10H10/c1-28-17-20-31(48-41-15-6-4-12-40(41)46-42(48)25-24-39-35-11-5-7-16-44(35)50-47(39)46)21-18-30-27-29(19-26-43(30)49-28)32-22-23-38-34-10-3-2-9-33(34)37-14-8-13-36(32)45(37)38;1-8-6-7-9-4-2-3-5-10(8)9/h2-7,9-12,14-17,19-27H,1,8,13,18H2;2-6H,7H2,1H3/b20-17-,31-21+;. The third kappa shape index (κ3) is 5.36. The van der Waals surface area contributed by atoms with Crippen molar-refractivity contribution >= 4 is 60.6 Å². The quantitative estimate of drug-likeness (QED) is 0.175. The Kier molecular flexibility index (Phi) is 7.86. The number of hydrogen-bond acceptors (Lipinski definition) is 2. The molecule has 0 spiro atoms. The fraction of sp³-hybridized carbons (Fsp3) is 0.0877. The molecule has 0 saturated heterocycles. The molecule has 0 unspecified atom stereocenters. The highest BCUT2D eigenvalue weighted by atomic mass is 16.5. The Morgan fingerprint density at radius 1 is 0.583 bits per heavy atom.